The molecule has 7 heteroatoms. The van der Waals surface area contributed by atoms with Crippen molar-refractivity contribution in [2.75, 3.05) is 19.8 Å². The second kappa shape index (κ2) is 6.79. The molecule has 0 aliphatic carbocycles. The van der Waals surface area contributed by atoms with E-state index in [-0.39, 0.29) is 12.2 Å². The molecular formula is C15H15F3N2O2. The van der Waals surface area contributed by atoms with Crippen molar-refractivity contribution in [2.24, 2.45) is 0 Å². The summed E-state index contributed by atoms with van der Waals surface area (Å²) < 4.78 is 43.5. The van der Waals surface area contributed by atoms with Gasteiger partial charge in [0.2, 0.25) is 0 Å². The largest absolute Gasteiger partial charge is 0.406 e. The van der Waals surface area contributed by atoms with E-state index >= 15 is 0 Å². The fourth-order valence-corrected chi connectivity index (χ4v) is 2.38. The molecule has 1 aromatic carbocycles. The summed E-state index contributed by atoms with van der Waals surface area (Å²) in [5, 5.41) is 8.72. The summed E-state index contributed by atoms with van der Waals surface area (Å²) in [6.07, 6.45) is -3.36. The van der Waals surface area contributed by atoms with Gasteiger partial charge in [-0.25, -0.2) is 0 Å². The molecule has 0 N–H and O–H groups in total. The summed E-state index contributed by atoms with van der Waals surface area (Å²) in [4.78, 5) is 13.2. The van der Waals surface area contributed by atoms with E-state index in [9.17, 15) is 18.0 Å². The van der Waals surface area contributed by atoms with E-state index in [1.165, 1.54) is 24.3 Å². The Morgan fingerprint density at radius 1 is 1.36 bits per heavy atom. The summed E-state index contributed by atoms with van der Waals surface area (Å²) >= 11 is 0. The number of ether oxygens (including phenoxy) is 1. The van der Waals surface area contributed by atoms with Crippen molar-refractivity contribution in [3.8, 4) is 6.07 Å². The number of alkyl halides is 3. The number of halogens is 3. The van der Waals surface area contributed by atoms with Gasteiger partial charge in [0.05, 0.1) is 24.3 Å². The summed E-state index contributed by atoms with van der Waals surface area (Å²) in [6.45, 7) is -0.695. The van der Waals surface area contributed by atoms with Gasteiger partial charge in [-0.3, -0.25) is 4.79 Å². The van der Waals surface area contributed by atoms with E-state index in [0.717, 1.165) is 4.90 Å². The zero-order valence-electron chi connectivity index (χ0n) is 11.8. The summed E-state index contributed by atoms with van der Waals surface area (Å²) in [5.74, 6) is -0.697. The molecule has 1 aliphatic heterocycles. The predicted octanol–water partition coefficient (Wildman–Crippen LogP) is 2.74. The van der Waals surface area contributed by atoms with Crippen LogP contribution in [0.2, 0.25) is 0 Å². The fourth-order valence-electron chi connectivity index (χ4n) is 2.38. The second-order valence-electron chi connectivity index (χ2n) is 5.11. The smallest absolute Gasteiger partial charge is 0.379 e. The number of amides is 1. The SMILES string of the molecule is N#Cc1ccc(C(=O)N(CC(F)(F)F)[C@@H]2CCCOC2)cc1. The second-order valence-corrected chi connectivity index (χ2v) is 5.11. The summed E-state index contributed by atoms with van der Waals surface area (Å²) in [5.41, 5.74) is 0.480. The lowest BCUT2D eigenvalue weighted by molar-refractivity contribution is -0.148. The molecule has 0 spiro atoms. The highest BCUT2D eigenvalue weighted by Crippen LogP contribution is 2.23. The van der Waals surface area contributed by atoms with E-state index in [1.54, 1.807) is 0 Å². The summed E-state index contributed by atoms with van der Waals surface area (Å²) in [7, 11) is 0. The zero-order chi connectivity index (χ0) is 16.2. The van der Waals surface area contributed by atoms with Gasteiger partial charge in [0.25, 0.3) is 5.91 Å². The molecule has 1 saturated heterocycles. The van der Waals surface area contributed by atoms with Gasteiger partial charge >= 0.3 is 6.18 Å². The van der Waals surface area contributed by atoms with Gasteiger partial charge in [0.1, 0.15) is 6.54 Å². The Morgan fingerprint density at radius 3 is 2.55 bits per heavy atom. The molecule has 1 heterocycles. The van der Waals surface area contributed by atoms with Gasteiger partial charge in [-0.05, 0) is 37.1 Å². The van der Waals surface area contributed by atoms with Crippen molar-refractivity contribution in [3.63, 3.8) is 0 Å². The molecule has 0 aromatic heterocycles. The first-order valence-electron chi connectivity index (χ1n) is 6.86. The van der Waals surface area contributed by atoms with Crippen LogP contribution in [0.4, 0.5) is 13.2 Å². The van der Waals surface area contributed by atoms with Crippen LogP contribution in [0.15, 0.2) is 24.3 Å². The third kappa shape index (κ3) is 4.21. The minimum Gasteiger partial charge on any atom is -0.379 e. The van der Waals surface area contributed by atoms with Crippen LogP contribution >= 0.6 is 0 Å². The molecule has 1 aromatic rings. The lowest BCUT2D eigenvalue weighted by Crippen LogP contribution is -2.49. The normalized spacial score (nSPS) is 18.5. The molecule has 0 radical (unpaired) electrons. The van der Waals surface area contributed by atoms with Crippen molar-refractivity contribution in [3.05, 3.63) is 35.4 Å². The predicted molar refractivity (Wildman–Crippen MR) is 72.1 cm³/mol. The summed E-state index contributed by atoms with van der Waals surface area (Å²) in [6, 6.07) is 6.88. The third-order valence-electron chi connectivity index (χ3n) is 3.45. The molecule has 0 unspecified atom stereocenters. The number of nitriles is 1. The lowest BCUT2D eigenvalue weighted by atomic mass is 10.1. The van der Waals surface area contributed by atoms with Crippen molar-refractivity contribution in [2.45, 2.75) is 25.1 Å². The monoisotopic (exact) mass is 312 g/mol. The zero-order valence-corrected chi connectivity index (χ0v) is 11.8. The van der Waals surface area contributed by atoms with Gasteiger partial charge in [0.15, 0.2) is 0 Å². The van der Waals surface area contributed by atoms with Crippen LogP contribution in [-0.2, 0) is 4.74 Å². The van der Waals surface area contributed by atoms with Gasteiger partial charge in [0, 0.05) is 12.2 Å². The maximum atomic E-state index is 12.8. The number of hydrogen-bond donors (Lipinski definition) is 0. The molecular weight excluding hydrogens is 297 g/mol. The van der Waals surface area contributed by atoms with E-state index in [1.807, 2.05) is 6.07 Å². The topological polar surface area (TPSA) is 53.3 Å². The Hall–Kier alpha value is -2.07. The first-order valence-corrected chi connectivity index (χ1v) is 6.86. The lowest BCUT2D eigenvalue weighted by Gasteiger charge is -2.34. The molecule has 1 atom stereocenters. The van der Waals surface area contributed by atoms with E-state index in [2.05, 4.69) is 0 Å². The molecule has 118 valence electrons. The first-order chi connectivity index (χ1) is 10.4. The quantitative estimate of drug-likeness (QED) is 0.862. The molecule has 0 saturated carbocycles. The molecule has 1 amide bonds. The van der Waals surface area contributed by atoms with Crippen LogP contribution in [0.1, 0.15) is 28.8 Å². The molecule has 1 aliphatic rings. The number of carbonyl (C=O) groups excluding carboxylic acids is 1. The highest BCUT2D eigenvalue weighted by Gasteiger charge is 2.37. The maximum Gasteiger partial charge on any atom is 0.406 e. The van der Waals surface area contributed by atoms with E-state index < -0.39 is 24.7 Å². The number of nitrogens with zero attached hydrogens (tertiary/aromatic N) is 2. The van der Waals surface area contributed by atoms with Gasteiger partial charge in [-0.1, -0.05) is 0 Å². The number of rotatable bonds is 3. The van der Waals surface area contributed by atoms with Crippen LogP contribution in [-0.4, -0.2) is 42.8 Å². The first kappa shape index (κ1) is 16.3. The van der Waals surface area contributed by atoms with Crippen molar-refractivity contribution in [1.82, 2.24) is 4.90 Å². The van der Waals surface area contributed by atoms with Crippen LogP contribution in [0.3, 0.4) is 0 Å². The Bertz CT molecular complexity index is 558. The average Bonchev–Trinajstić information content (AvgIpc) is 2.52. The fraction of sp³-hybridized carbons (Fsp3) is 0.467. The number of hydrogen-bond acceptors (Lipinski definition) is 3. The minimum atomic E-state index is -4.47. The Labute approximate surface area is 126 Å². The average molecular weight is 312 g/mol. The van der Waals surface area contributed by atoms with Crippen LogP contribution in [0.5, 0.6) is 0 Å². The van der Waals surface area contributed by atoms with Crippen molar-refractivity contribution in [1.29, 1.82) is 5.26 Å². The van der Waals surface area contributed by atoms with Crippen molar-refractivity contribution < 1.29 is 22.7 Å². The molecule has 0 bridgehead atoms. The third-order valence-corrected chi connectivity index (χ3v) is 3.45. The molecule has 1 fully saturated rings. The minimum absolute atomic E-state index is 0.109. The Balaban J connectivity index is 2.22. The maximum absolute atomic E-state index is 12.8. The molecule has 22 heavy (non-hydrogen) atoms. The van der Waals surface area contributed by atoms with Gasteiger partial charge in [-0.15, -0.1) is 0 Å². The van der Waals surface area contributed by atoms with Crippen molar-refractivity contribution >= 4 is 5.91 Å². The Kier molecular flexibility index (Phi) is 5.03. The molecule has 4 nitrogen and oxygen atoms in total. The van der Waals surface area contributed by atoms with E-state index in [4.69, 9.17) is 10.00 Å². The molecule has 2 rings (SSSR count). The van der Waals surface area contributed by atoms with Crippen LogP contribution < -0.4 is 0 Å². The van der Waals surface area contributed by atoms with Crippen LogP contribution in [0, 0.1) is 11.3 Å². The highest BCUT2D eigenvalue weighted by molar-refractivity contribution is 5.94. The van der Waals surface area contributed by atoms with Gasteiger partial charge < -0.3 is 9.64 Å². The number of benzene rings is 1. The highest BCUT2D eigenvalue weighted by atomic mass is 19.4. The van der Waals surface area contributed by atoms with Gasteiger partial charge in [-0.2, -0.15) is 18.4 Å². The Morgan fingerprint density at radius 2 is 2.05 bits per heavy atom. The number of carbonyl (C=O) groups is 1. The standard InChI is InChI=1S/C15H15F3N2O2/c16-15(17,18)10-20(13-2-1-7-22-9-13)14(21)12-5-3-11(8-19)4-6-12/h3-6,13H,1-2,7,9-10H2/t13-/m1/s1. The van der Waals surface area contributed by atoms with E-state index in [0.29, 0.717) is 25.0 Å². The van der Waals surface area contributed by atoms with Crippen LogP contribution in [0.25, 0.3) is 0 Å².